The van der Waals surface area contributed by atoms with Crippen LogP contribution in [-0.4, -0.2) is 16.5 Å². The summed E-state index contributed by atoms with van der Waals surface area (Å²) in [6.07, 6.45) is 3.69. The molecular weight excluding hydrogens is 312 g/mol. The highest BCUT2D eigenvalue weighted by molar-refractivity contribution is 6.76. The molecule has 0 fully saturated rings. The Balaban J connectivity index is 1.86. The van der Waals surface area contributed by atoms with Gasteiger partial charge in [-0.1, -0.05) is 47.0 Å². The van der Waals surface area contributed by atoms with Gasteiger partial charge in [-0.05, 0) is 23.3 Å². The zero-order chi connectivity index (χ0) is 13.6. The van der Waals surface area contributed by atoms with Gasteiger partial charge >= 0.3 is 0 Å². The smallest absolute Gasteiger partial charge is 0.272 e. The molecule has 19 heavy (non-hydrogen) atoms. The van der Waals surface area contributed by atoms with E-state index in [4.69, 9.17) is 44.3 Å². The zero-order valence-electron chi connectivity index (χ0n) is 9.45. The summed E-state index contributed by atoms with van der Waals surface area (Å²) >= 11 is 16.6. The number of halogens is 3. The average Bonchev–Trinajstić information content (AvgIpc) is 2.92. The fourth-order valence-corrected chi connectivity index (χ4v) is 2.20. The minimum absolute atomic E-state index is 0.202. The molecular formula is C12H8Cl3NO3. The molecule has 1 amide bonds. The predicted molar refractivity (Wildman–Crippen MR) is 72.8 cm³/mol. The summed E-state index contributed by atoms with van der Waals surface area (Å²) in [6, 6.07) is 3.34. The van der Waals surface area contributed by atoms with Crippen molar-refractivity contribution in [3.05, 3.63) is 29.3 Å². The summed E-state index contributed by atoms with van der Waals surface area (Å²) in [5, 5.41) is 2.65. The zero-order valence-corrected chi connectivity index (χ0v) is 11.7. The molecule has 3 rings (SSSR count). The maximum Gasteiger partial charge on any atom is 0.272 e. The highest BCUT2D eigenvalue weighted by Gasteiger charge is 2.33. The molecule has 0 aromatic heterocycles. The van der Waals surface area contributed by atoms with E-state index in [-0.39, 0.29) is 12.8 Å². The molecule has 4 nitrogen and oxygen atoms in total. The van der Waals surface area contributed by atoms with Gasteiger partial charge in [-0.15, -0.1) is 0 Å². The first-order chi connectivity index (χ1) is 8.95. The third-order valence-corrected chi connectivity index (χ3v) is 3.44. The second kappa shape index (κ2) is 4.47. The van der Waals surface area contributed by atoms with Crippen molar-refractivity contribution in [2.75, 3.05) is 6.79 Å². The summed E-state index contributed by atoms with van der Waals surface area (Å²) in [7, 11) is 0. The van der Waals surface area contributed by atoms with Crippen LogP contribution in [0, 0.1) is 0 Å². The highest BCUT2D eigenvalue weighted by Crippen LogP contribution is 2.40. The lowest BCUT2D eigenvalue weighted by atomic mass is 10.1. The van der Waals surface area contributed by atoms with Gasteiger partial charge in [0.1, 0.15) is 0 Å². The Labute approximate surface area is 124 Å². The third kappa shape index (κ3) is 2.36. The van der Waals surface area contributed by atoms with E-state index in [1.165, 1.54) is 0 Å². The van der Waals surface area contributed by atoms with Crippen molar-refractivity contribution in [3.63, 3.8) is 0 Å². The van der Waals surface area contributed by atoms with Crippen LogP contribution in [0.15, 0.2) is 18.2 Å². The molecule has 0 spiro atoms. The number of alkyl halides is 3. The summed E-state index contributed by atoms with van der Waals surface area (Å²) in [6.45, 7) is 0.202. The number of rotatable bonds is 1. The first-order valence-electron chi connectivity index (χ1n) is 5.44. The predicted octanol–water partition coefficient (Wildman–Crippen LogP) is 2.97. The van der Waals surface area contributed by atoms with Crippen molar-refractivity contribution in [3.8, 4) is 11.5 Å². The number of carbonyl (C=O) groups excluding carboxylic acids is 1. The number of fused-ring (bicyclic) bond motifs is 2. The Bertz CT molecular complexity index is 580. The van der Waals surface area contributed by atoms with Gasteiger partial charge in [0.25, 0.3) is 9.70 Å². The lowest BCUT2D eigenvalue weighted by Gasteiger charge is -2.17. The number of nitrogens with one attached hydrogen (secondary N) is 1. The van der Waals surface area contributed by atoms with Crippen LogP contribution in [0.25, 0.3) is 6.08 Å². The molecule has 7 heteroatoms. The highest BCUT2D eigenvalue weighted by atomic mass is 35.6. The minimum atomic E-state index is -1.98. The van der Waals surface area contributed by atoms with Crippen LogP contribution in [0.3, 0.4) is 0 Å². The maximum atomic E-state index is 11.7. The third-order valence-electron chi connectivity index (χ3n) is 2.93. The van der Waals surface area contributed by atoms with Gasteiger partial charge in [0.15, 0.2) is 11.5 Å². The normalized spacial score (nSPS) is 19.4. The molecule has 0 saturated heterocycles. The number of ether oxygens (including phenoxy) is 2. The molecule has 0 radical (unpaired) electrons. The minimum Gasteiger partial charge on any atom is -0.454 e. The van der Waals surface area contributed by atoms with E-state index < -0.39 is 9.70 Å². The van der Waals surface area contributed by atoms with E-state index in [1.807, 2.05) is 24.3 Å². The van der Waals surface area contributed by atoms with Crippen LogP contribution in [-0.2, 0) is 4.79 Å². The van der Waals surface area contributed by atoms with Gasteiger partial charge in [-0.3, -0.25) is 4.79 Å². The fourth-order valence-electron chi connectivity index (χ4n) is 2.04. The summed E-state index contributed by atoms with van der Waals surface area (Å²) in [5.41, 5.74) is 1.82. The largest absolute Gasteiger partial charge is 0.454 e. The van der Waals surface area contributed by atoms with Gasteiger partial charge in [0.05, 0.1) is 6.04 Å². The Morgan fingerprint density at radius 3 is 2.63 bits per heavy atom. The number of hydrogen-bond donors (Lipinski definition) is 1. The molecule has 100 valence electrons. The first kappa shape index (κ1) is 12.9. The average molecular weight is 321 g/mol. The van der Waals surface area contributed by atoms with Crippen LogP contribution < -0.4 is 14.8 Å². The van der Waals surface area contributed by atoms with Crippen LogP contribution in [0.1, 0.15) is 17.2 Å². The Morgan fingerprint density at radius 1 is 1.26 bits per heavy atom. The van der Waals surface area contributed by atoms with E-state index in [9.17, 15) is 4.79 Å². The second-order valence-corrected chi connectivity index (χ2v) is 6.42. The number of benzene rings is 1. The lowest BCUT2D eigenvalue weighted by molar-refractivity contribution is -0.120. The summed E-state index contributed by atoms with van der Waals surface area (Å²) in [4.78, 5) is 11.7. The Morgan fingerprint density at radius 2 is 1.95 bits per heavy atom. The molecule has 1 aliphatic heterocycles. The van der Waals surface area contributed by atoms with E-state index in [2.05, 4.69) is 5.32 Å². The molecule has 1 aliphatic carbocycles. The topological polar surface area (TPSA) is 47.6 Å². The number of carbonyl (C=O) groups is 1. The first-order valence-corrected chi connectivity index (χ1v) is 6.58. The molecule has 1 N–H and O–H groups in total. The van der Waals surface area contributed by atoms with Gasteiger partial charge in [0, 0.05) is 0 Å². The van der Waals surface area contributed by atoms with Gasteiger partial charge in [0.2, 0.25) is 6.79 Å². The quantitative estimate of drug-likeness (QED) is 0.809. The van der Waals surface area contributed by atoms with Crippen molar-refractivity contribution in [2.24, 2.45) is 0 Å². The van der Waals surface area contributed by atoms with Crippen LogP contribution in [0.4, 0.5) is 0 Å². The van der Waals surface area contributed by atoms with Crippen LogP contribution >= 0.6 is 34.8 Å². The second-order valence-electron chi connectivity index (χ2n) is 4.14. The van der Waals surface area contributed by atoms with Crippen LogP contribution in [0.2, 0.25) is 0 Å². The molecule has 0 saturated carbocycles. The van der Waals surface area contributed by atoms with Crippen molar-refractivity contribution in [1.82, 2.24) is 5.32 Å². The lowest BCUT2D eigenvalue weighted by Crippen LogP contribution is -2.36. The van der Waals surface area contributed by atoms with E-state index in [0.717, 1.165) is 11.1 Å². The van der Waals surface area contributed by atoms with Crippen molar-refractivity contribution in [2.45, 2.75) is 9.83 Å². The fraction of sp³-hybridized carbons (Fsp3) is 0.250. The van der Waals surface area contributed by atoms with Gasteiger partial charge < -0.3 is 14.8 Å². The molecule has 1 unspecified atom stereocenters. The van der Waals surface area contributed by atoms with Crippen molar-refractivity contribution < 1.29 is 14.3 Å². The monoisotopic (exact) mass is 319 g/mol. The maximum absolute atomic E-state index is 11.7. The SMILES string of the molecule is O=C(NC1C=Cc2cc3c(cc21)OCO3)C(Cl)(Cl)Cl. The van der Waals surface area contributed by atoms with E-state index in [0.29, 0.717) is 11.5 Å². The number of hydrogen-bond acceptors (Lipinski definition) is 3. The van der Waals surface area contributed by atoms with Gasteiger partial charge in [-0.25, -0.2) is 0 Å². The molecule has 1 aromatic rings. The van der Waals surface area contributed by atoms with Gasteiger partial charge in [-0.2, -0.15) is 0 Å². The standard InChI is InChI=1S/C12H8Cl3NO3/c13-12(14,15)11(17)16-8-2-1-6-3-9-10(4-7(6)8)19-5-18-9/h1-4,8H,5H2,(H,16,17). The molecule has 1 heterocycles. The van der Waals surface area contributed by atoms with Crippen molar-refractivity contribution in [1.29, 1.82) is 0 Å². The number of amides is 1. The van der Waals surface area contributed by atoms with E-state index in [1.54, 1.807) is 0 Å². The molecule has 0 bridgehead atoms. The molecule has 2 aliphatic rings. The summed E-state index contributed by atoms with van der Waals surface area (Å²) < 4.78 is 8.61. The Hall–Kier alpha value is -1.10. The molecule has 1 aromatic carbocycles. The van der Waals surface area contributed by atoms with E-state index >= 15 is 0 Å². The molecule has 1 atom stereocenters. The summed E-state index contributed by atoms with van der Waals surface area (Å²) in [5.74, 6) is 0.671. The Kier molecular flexibility index (Phi) is 3.04. The van der Waals surface area contributed by atoms with Crippen LogP contribution in [0.5, 0.6) is 11.5 Å². The van der Waals surface area contributed by atoms with Crippen molar-refractivity contribution >= 4 is 46.8 Å².